The third-order valence-electron chi connectivity index (χ3n) is 5.16. The van der Waals surface area contributed by atoms with E-state index in [2.05, 4.69) is 10.3 Å². The Morgan fingerprint density at radius 1 is 1.10 bits per heavy atom. The number of hydrogen-bond donors (Lipinski definition) is 2. The predicted octanol–water partition coefficient (Wildman–Crippen LogP) is 2.72. The Morgan fingerprint density at radius 2 is 1.74 bits per heavy atom. The van der Waals surface area contributed by atoms with Crippen molar-refractivity contribution in [1.29, 1.82) is 0 Å². The highest BCUT2D eigenvalue weighted by Crippen LogP contribution is 2.37. The summed E-state index contributed by atoms with van der Waals surface area (Å²) in [5.41, 5.74) is 2.43. The minimum atomic E-state index is -0.755. The zero-order valence-electron chi connectivity index (χ0n) is 18.1. The van der Waals surface area contributed by atoms with Crippen molar-refractivity contribution >= 4 is 5.91 Å². The van der Waals surface area contributed by atoms with Crippen LogP contribution in [0, 0.1) is 13.8 Å². The van der Waals surface area contributed by atoms with E-state index in [1.807, 2.05) is 32.0 Å². The minimum Gasteiger partial charge on any atom is -0.501 e. The molecule has 0 aliphatic heterocycles. The van der Waals surface area contributed by atoms with Crippen LogP contribution >= 0.6 is 0 Å². The Balaban J connectivity index is 2.03. The van der Waals surface area contributed by atoms with Crippen LogP contribution in [0.15, 0.2) is 41.2 Å². The standard InChI is InChI=1S/C23H25N3O5/c1-13-9-10-15(11-14(13)2)12-24-22(28)19-20(27)23(29)26(3)21(25-19)18-16(30-4)7-6-8-17(18)31-5/h6-11,27H,12H2,1-5H3,(H,24,28). The molecular weight excluding hydrogens is 398 g/mol. The van der Waals surface area contributed by atoms with Gasteiger partial charge in [0.2, 0.25) is 5.75 Å². The number of benzene rings is 2. The highest BCUT2D eigenvalue weighted by atomic mass is 16.5. The first kappa shape index (κ1) is 21.9. The Morgan fingerprint density at radius 3 is 2.32 bits per heavy atom. The summed E-state index contributed by atoms with van der Waals surface area (Å²) in [6.07, 6.45) is 0. The van der Waals surface area contributed by atoms with Crippen LogP contribution in [0.3, 0.4) is 0 Å². The number of hydrogen-bond acceptors (Lipinski definition) is 6. The van der Waals surface area contributed by atoms with Crippen LogP contribution in [-0.2, 0) is 13.6 Å². The monoisotopic (exact) mass is 423 g/mol. The molecule has 1 heterocycles. The molecule has 3 aromatic rings. The lowest BCUT2D eigenvalue weighted by atomic mass is 10.1. The number of amides is 1. The lowest BCUT2D eigenvalue weighted by molar-refractivity contribution is 0.0942. The van der Waals surface area contributed by atoms with Crippen molar-refractivity contribution in [2.24, 2.45) is 7.05 Å². The number of ether oxygens (including phenoxy) is 2. The molecule has 0 fully saturated rings. The molecule has 0 aliphatic carbocycles. The van der Waals surface area contributed by atoms with Crippen molar-refractivity contribution in [3.8, 4) is 28.6 Å². The number of carbonyl (C=O) groups is 1. The van der Waals surface area contributed by atoms with Gasteiger partial charge < -0.3 is 19.9 Å². The molecule has 3 rings (SSSR count). The fourth-order valence-electron chi connectivity index (χ4n) is 3.22. The van der Waals surface area contributed by atoms with Crippen molar-refractivity contribution < 1.29 is 19.4 Å². The summed E-state index contributed by atoms with van der Waals surface area (Å²) in [5, 5.41) is 13.0. The molecule has 8 nitrogen and oxygen atoms in total. The maximum absolute atomic E-state index is 12.8. The van der Waals surface area contributed by atoms with Crippen LogP contribution in [0.4, 0.5) is 0 Å². The van der Waals surface area contributed by atoms with Crippen molar-refractivity contribution in [3.05, 3.63) is 69.1 Å². The van der Waals surface area contributed by atoms with Crippen molar-refractivity contribution in [1.82, 2.24) is 14.9 Å². The van der Waals surface area contributed by atoms with Crippen LogP contribution in [0.25, 0.3) is 11.4 Å². The number of rotatable bonds is 6. The van der Waals surface area contributed by atoms with Gasteiger partial charge in [0.15, 0.2) is 11.5 Å². The number of carbonyl (C=O) groups excluding carboxylic acids is 1. The van der Waals surface area contributed by atoms with E-state index in [0.29, 0.717) is 17.1 Å². The van der Waals surface area contributed by atoms with Gasteiger partial charge in [0.25, 0.3) is 11.5 Å². The first-order valence-electron chi connectivity index (χ1n) is 9.64. The van der Waals surface area contributed by atoms with E-state index in [1.165, 1.54) is 21.3 Å². The zero-order chi connectivity index (χ0) is 22.7. The van der Waals surface area contributed by atoms with Gasteiger partial charge in [0, 0.05) is 13.6 Å². The lowest BCUT2D eigenvalue weighted by Crippen LogP contribution is -2.29. The molecule has 2 N–H and O–H groups in total. The topological polar surface area (TPSA) is 103 Å². The maximum atomic E-state index is 12.8. The van der Waals surface area contributed by atoms with E-state index in [-0.39, 0.29) is 18.1 Å². The fraction of sp³-hybridized carbons (Fsp3) is 0.261. The van der Waals surface area contributed by atoms with E-state index < -0.39 is 17.2 Å². The van der Waals surface area contributed by atoms with Crippen molar-refractivity contribution in [2.75, 3.05) is 14.2 Å². The minimum absolute atomic E-state index is 0.133. The quantitative estimate of drug-likeness (QED) is 0.632. The molecule has 8 heteroatoms. The number of nitrogens with zero attached hydrogens (tertiary/aromatic N) is 2. The summed E-state index contributed by atoms with van der Waals surface area (Å²) in [7, 11) is 4.41. The first-order chi connectivity index (χ1) is 14.8. The molecule has 162 valence electrons. The molecule has 0 saturated carbocycles. The summed E-state index contributed by atoms with van der Waals surface area (Å²) < 4.78 is 11.9. The molecule has 0 unspecified atom stereocenters. The summed E-state index contributed by atoms with van der Waals surface area (Å²) in [4.78, 5) is 29.8. The normalized spacial score (nSPS) is 10.6. The van der Waals surface area contributed by atoms with Crippen molar-refractivity contribution in [2.45, 2.75) is 20.4 Å². The molecule has 0 aliphatic rings. The molecule has 1 amide bonds. The van der Waals surface area contributed by atoms with Gasteiger partial charge in [-0.2, -0.15) is 0 Å². The molecule has 0 bridgehead atoms. The summed E-state index contributed by atoms with van der Waals surface area (Å²) in [6.45, 7) is 4.22. The molecule has 0 saturated heterocycles. The van der Waals surface area contributed by atoms with Crippen LogP contribution in [0.5, 0.6) is 17.2 Å². The maximum Gasteiger partial charge on any atom is 0.296 e. The fourth-order valence-corrected chi connectivity index (χ4v) is 3.22. The average Bonchev–Trinajstić information content (AvgIpc) is 2.77. The first-order valence-corrected chi connectivity index (χ1v) is 9.64. The Bertz CT molecular complexity index is 1180. The van der Waals surface area contributed by atoms with Crippen LogP contribution in [0.2, 0.25) is 0 Å². The van der Waals surface area contributed by atoms with E-state index in [9.17, 15) is 14.7 Å². The second kappa shape index (κ2) is 8.91. The summed E-state index contributed by atoms with van der Waals surface area (Å²) in [5.74, 6) is -0.433. The molecule has 1 aromatic heterocycles. The average molecular weight is 423 g/mol. The van der Waals surface area contributed by atoms with Gasteiger partial charge in [0.05, 0.1) is 14.2 Å². The predicted molar refractivity (Wildman–Crippen MR) is 117 cm³/mol. The van der Waals surface area contributed by atoms with Gasteiger partial charge >= 0.3 is 0 Å². The highest BCUT2D eigenvalue weighted by Gasteiger charge is 2.24. The SMILES string of the molecule is COc1cccc(OC)c1-c1nc(C(=O)NCc2ccc(C)c(C)c2)c(O)c(=O)n1C. The van der Waals surface area contributed by atoms with E-state index in [1.54, 1.807) is 18.2 Å². The molecular formula is C23H25N3O5. The van der Waals surface area contributed by atoms with Gasteiger partial charge in [-0.05, 0) is 42.7 Å². The van der Waals surface area contributed by atoms with Gasteiger partial charge in [-0.15, -0.1) is 0 Å². The molecule has 2 aromatic carbocycles. The summed E-state index contributed by atoms with van der Waals surface area (Å²) in [6, 6.07) is 11.0. The number of nitrogens with one attached hydrogen (secondary N) is 1. The molecule has 0 atom stereocenters. The molecule has 0 radical (unpaired) electrons. The van der Waals surface area contributed by atoms with Gasteiger partial charge in [-0.3, -0.25) is 14.2 Å². The van der Waals surface area contributed by atoms with Crippen molar-refractivity contribution in [3.63, 3.8) is 0 Å². The smallest absolute Gasteiger partial charge is 0.296 e. The number of aromatic hydroxyl groups is 1. The number of aromatic nitrogens is 2. The highest BCUT2D eigenvalue weighted by molar-refractivity contribution is 5.95. The van der Waals surface area contributed by atoms with E-state index >= 15 is 0 Å². The second-order valence-electron chi connectivity index (χ2n) is 7.14. The molecule has 31 heavy (non-hydrogen) atoms. The zero-order valence-corrected chi connectivity index (χ0v) is 18.1. The number of aryl methyl sites for hydroxylation is 2. The third-order valence-corrected chi connectivity index (χ3v) is 5.16. The van der Waals surface area contributed by atoms with Crippen LogP contribution in [-0.4, -0.2) is 34.8 Å². The molecule has 0 spiro atoms. The van der Waals surface area contributed by atoms with E-state index in [4.69, 9.17) is 9.47 Å². The Hall–Kier alpha value is -3.81. The van der Waals surface area contributed by atoms with Gasteiger partial charge in [-0.25, -0.2) is 4.98 Å². The summed E-state index contributed by atoms with van der Waals surface area (Å²) >= 11 is 0. The lowest BCUT2D eigenvalue weighted by Gasteiger charge is -2.16. The van der Waals surface area contributed by atoms with E-state index in [0.717, 1.165) is 21.3 Å². The Labute approximate surface area is 180 Å². The van der Waals surface area contributed by atoms with Gasteiger partial charge in [0.1, 0.15) is 17.1 Å². The largest absolute Gasteiger partial charge is 0.501 e. The van der Waals surface area contributed by atoms with Crippen LogP contribution < -0.4 is 20.3 Å². The number of methoxy groups -OCH3 is 2. The Kier molecular flexibility index (Phi) is 6.29. The second-order valence-corrected chi connectivity index (χ2v) is 7.14. The third kappa shape index (κ3) is 4.23. The van der Waals surface area contributed by atoms with Crippen LogP contribution in [0.1, 0.15) is 27.2 Å². The van der Waals surface area contributed by atoms with Gasteiger partial charge in [-0.1, -0.05) is 24.3 Å².